The van der Waals surface area contributed by atoms with Gasteiger partial charge in [0.05, 0.1) is 11.6 Å². The monoisotopic (exact) mass is 461 g/mol. The average molecular weight is 463 g/mol. The summed E-state index contributed by atoms with van der Waals surface area (Å²) >= 11 is 9.52. The molecule has 2 rings (SSSR count). The van der Waals surface area contributed by atoms with Crippen LogP contribution < -0.4 is 14.8 Å². The molecule has 0 unspecified atom stereocenters. The van der Waals surface area contributed by atoms with Crippen molar-refractivity contribution < 1.29 is 9.47 Å². The molecule has 0 bridgehead atoms. The minimum absolute atomic E-state index is 0. The molecule has 0 aromatic heterocycles. The van der Waals surface area contributed by atoms with E-state index in [-0.39, 0.29) is 12.4 Å². The molecule has 2 aromatic rings. The number of rotatable bonds is 10. The first-order valence-electron chi connectivity index (χ1n) is 8.58. The van der Waals surface area contributed by atoms with Crippen molar-refractivity contribution in [3.63, 3.8) is 0 Å². The molecular weight excluding hydrogens is 437 g/mol. The van der Waals surface area contributed by atoms with E-state index in [1.165, 1.54) is 24.8 Å². The SMILES string of the molecule is CCCCCNCc1cc(Br)c(OCc2ccc(Cl)cc2)c(OC)c1.Cl. The summed E-state index contributed by atoms with van der Waals surface area (Å²) in [5, 5.41) is 4.19. The number of nitrogens with one attached hydrogen (secondary N) is 1. The Morgan fingerprint density at radius 2 is 1.81 bits per heavy atom. The summed E-state index contributed by atoms with van der Waals surface area (Å²) in [7, 11) is 1.66. The Morgan fingerprint density at radius 1 is 1.08 bits per heavy atom. The largest absolute Gasteiger partial charge is 0.493 e. The number of methoxy groups -OCH3 is 1. The standard InChI is InChI=1S/C20H25BrClNO2.ClH/c1-3-4-5-10-23-13-16-11-18(21)20(19(12-16)24-2)25-14-15-6-8-17(22)9-7-15;/h6-9,11-12,23H,3-5,10,13-14H2,1-2H3;1H. The Kier molecular flexibility index (Phi) is 11.1. The first kappa shape index (κ1) is 23.1. The van der Waals surface area contributed by atoms with Crippen LogP contribution in [0.1, 0.15) is 37.3 Å². The van der Waals surface area contributed by atoms with Gasteiger partial charge in [-0.1, -0.05) is 43.5 Å². The Hall–Kier alpha value is -0.940. The van der Waals surface area contributed by atoms with E-state index in [9.17, 15) is 0 Å². The third kappa shape index (κ3) is 7.36. The van der Waals surface area contributed by atoms with Crippen LogP contribution in [0.25, 0.3) is 0 Å². The number of ether oxygens (including phenoxy) is 2. The molecule has 26 heavy (non-hydrogen) atoms. The van der Waals surface area contributed by atoms with E-state index in [2.05, 4.69) is 34.2 Å². The van der Waals surface area contributed by atoms with Crippen LogP contribution in [-0.4, -0.2) is 13.7 Å². The molecule has 0 spiro atoms. The summed E-state index contributed by atoms with van der Waals surface area (Å²) in [6.07, 6.45) is 3.70. The van der Waals surface area contributed by atoms with E-state index >= 15 is 0 Å². The number of unbranched alkanes of at least 4 members (excludes halogenated alkanes) is 2. The van der Waals surface area contributed by atoms with Crippen LogP contribution in [0.3, 0.4) is 0 Å². The molecule has 0 aliphatic rings. The van der Waals surface area contributed by atoms with Crippen LogP contribution in [0.4, 0.5) is 0 Å². The maximum Gasteiger partial charge on any atom is 0.175 e. The zero-order valence-electron chi connectivity index (χ0n) is 15.2. The molecule has 0 saturated heterocycles. The molecule has 0 amide bonds. The second-order valence-electron chi connectivity index (χ2n) is 5.91. The molecule has 3 nitrogen and oxygen atoms in total. The first-order valence-corrected chi connectivity index (χ1v) is 9.75. The maximum absolute atomic E-state index is 5.96. The minimum atomic E-state index is 0. The van der Waals surface area contributed by atoms with Gasteiger partial charge in [-0.05, 0) is 64.3 Å². The van der Waals surface area contributed by atoms with Gasteiger partial charge in [0, 0.05) is 11.6 Å². The van der Waals surface area contributed by atoms with E-state index in [0.29, 0.717) is 12.4 Å². The molecule has 0 aliphatic heterocycles. The fourth-order valence-electron chi connectivity index (χ4n) is 2.48. The van der Waals surface area contributed by atoms with Crippen LogP contribution in [0.5, 0.6) is 11.5 Å². The van der Waals surface area contributed by atoms with E-state index in [1.54, 1.807) is 7.11 Å². The second-order valence-corrected chi connectivity index (χ2v) is 7.20. The summed E-state index contributed by atoms with van der Waals surface area (Å²) < 4.78 is 12.4. The van der Waals surface area contributed by atoms with Crippen molar-refractivity contribution in [2.45, 2.75) is 39.3 Å². The quantitative estimate of drug-likeness (QED) is 0.414. The molecule has 6 heteroatoms. The smallest absolute Gasteiger partial charge is 0.175 e. The third-order valence-corrected chi connectivity index (χ3v) is 4.71. The van der Waals surface area contributed by atoms with E-state index in [1.807, 2.05) is 30.3 Å². The van der Waals surface area contributed by atoms with Crippen molar-refractivity contribution in [2.24, 2.45) is 0 Å². The summed E-state index contributed by atoms with van der Waals surface area (Å²) in [6.45, 7) is 4.52. The molecule has 1 N–H and O–H groups in total. The normalized spacial score (nSPS) is 10.3. The first-order chi connectivity index (χ1) is 12.1. The maximum atomic E-state index is 5.96. The predicted molar refractivity (Wildman–Crippen MR) is 115 cm³/mol. The Morgan fingerprint density at radius 3 is 2.46 bits per heavy atom. The number of hydrogen-bond donors (Lipinski definition) is 1. The Bertz CT molecular complexity index is 666. The summed E-state index contributed by atoms with van der Waals surface area (Å²) in [6, 6.07) is 11.7. The summed E-state index contributed by atoms with van der Waals surface area (Å²) in [4.78, 5) is 0. The van der Waals surface area contributed by atoms with Gasteiger partial charge < -0.3 is 14.8 Å². The van der Waals surface area contributed by atoms with Crippen molar-refractivity contribution in [3.8, 4) is 11.5 Å². The van der Waals surface area contributed by atoms with Crippen LogP contribution in [0.2, 0.25) is 5.02 Å². The van der Waals surface area contributed by atoms with Gasteiger partial charge in [-0.25, -0.2) is 0 Å². The van der Waals surface area contributed by atoms with Gasteiger partial charge in [-0.2, -0.15) is 0 Å². The van der Waals surface area contributed by atoms with Crippen molar-refractivity contribution in [1.29, 1.82) is 0 Å². The van der Waals surface area contributed by atoms with Gasteiger partial charge in [0.1, 0.15) is 6.61 Å². The van der Waals surface area contributed by atoms with Gasteiger partial charge in [-0.3, -0.25) is 0 Å². The molecule has 0 heterocycles. The van der Waals surface area contributed by atoms with Crippen molar-refractivity contribution >= 4 is 39.9 Å². The summed E-state index contributed by atoms with van der Waals surface area (Å²) in [5.41, 5.74) is 2.22. The number of benzene rings is 2. The molecule has 0 aliphatic carbocycles. The lowest BCUT2D eigenvalue weighted by atomic mass is 10.2. The molecular formula is C20H26BrCl2NO2. The van der Waals surface area contributed by atoms with Crippen molar-refractivity contribution in [3.05, 3.63) is 57.0 Å². The van der Waals surface area contributed by atoms with Crippen LogP contribution in [0, 0.1) is 0 Å². The lowest BCUT2D eigenvalue weighted by Gasteiger charge is -2.15. The predicted octanol–water partition coefficient (Wildman–Crippen LogP) is 6.39. The highest BCUT2D eigenvalue weighted by molar-refractivity contribution is 9.10. The lowest BCUT2D eigenvalue weighted by Crippen LogP contribution is -2.14. The highest BCUT2D eigenvalue weighted by atomic mass is 79.9. The number of hydrogen-bond acceptors (Lipinski definition) is 3. The number of halogens is 3. The Labute approximate surface area is 176 Å². The summed E-state index contributed by atoms with van der Waals surface area (Å²) in [5.74, 6) is 1.45. The van der Waals surface area contributed by atoms with Crippen molar-refractivity contribution in [2.75, 3.05) is 13.7 Å². The zero-order valence-corrected chi connectivity index (χ0v) is 18.3. The molecule has 0 atom stereocenters. The molecule has 0 fully saturated rings. The van der Waals surface area contributed by atoms with Gasteiger partial charge in [0.15, 0.2) is 11.5 Å². The van der Waals surface area contributed by atoms with Gasteiger partial charge in [0.2, 0.25) is 0 Å². The molecule has 0 radical (unpaired) electrons. The molecule has 2 aromatic carbocycles. The second kappa shape index (κ2) is 12.4. The molecule has 144 valence electrons. The van der Waals surface area contributed by atoms with E-state index in [4.69, 9.17) is 21.1 Å². The van der Waals surface area contributed by atoms with Gasteiger partial charge in [-0.15, -0.1) is 12.4 Å². The fourth-order valence-corrected chi connectivity index (χ4v) is 3.21. The third-order valence-electron chi connectivity index (χ3n) is 3.87. The molecule has 0 saturated carbocycles. The topological polar surface area (TPSA) is 30.5 Å². The zero-order chi connectivity index (χ0) is 18.1. The van der Waals surface area contributed by atoms with Crippen LogP contribution >= 0.6 is 39.9 Å². The van der Waals surface area contributed by atoms with Crippen LogP contribution in [-0.2, 0) is 13.2 Å². The van der Waals surface area contributed by atoms with Gasteiger partial charge >= 0.3 is 0 Å². The lowest BCUT2D eigenvalue weighted by molar-refractivity contribution is 0.282. The Balaban J connectivity index is 0.00000338. The van der Waals surface area contributed by atoms with Gasteiger partial charge in [0.25, 0.3) is 0 Å². The average Bonchev–Trinajstić information content (AvgIpc) is 2.61. The van der Waals surface area contributed by atoms with Crippen molar-refractivity contribution in [1.82, 2.24) is 5.32 Å². The van der Waals surface area contributed by atoms with E-state index < -0.39 is 0 Å². The fraction of sp³-hybridized carbons (Fsp3) is 0.400. The highest BCUT2D eigenvalue weighted by Crippen LogP contribution is 2.37. The van der Waals surface area contributed by atoms with E-state index in [0.717, 1.165) is 33.9 Å². The minimum Gasteiger partial charge on any atom is -0.493 e. The highest BCUT2D eigenvalue weighted by Gasteiger charge is 2.12. The van der Waals surface area contributed by atoms with Crippen LogP contribution in [0.15, 0.2) is 40.9 Å².